The van der Waals surface area contributed by atoms with Crippen LogP contribution >= 0.6 is 0 Å². The maximum absolute atomic E-state index is 5.37. The second kappa shape index (κ2) is 5.53. The van der Waals surface area contributed by atoms with Gasteiger partial charge in [-0.25, -0.2) is 0 Å². The van der Waals surface area contributed by atoms with E-state index in [2.05, 4.69) is 35.4 Å². The summed E-state index contributed by atoms with van der Waals surface area (Å²) in [5.74, 6) is 0.858. The number of nitrogens with one attached hydrogen (secondary N) is 1. The molecule has 2 heterocycles. The topological polar surface area (TPSA) is 34.1 Å². The Labute approximate surface area is 120 Å². The van der Waals surface area contributed by atoms with Crippen molar-refractivity contribution in [2.45, 2.75) is 32.2 Å². The minimum atomic E-state index is 0.573. The van der Waals surface area contributed by atoms with Gasteiger partial charge in [0.25, 0.3) is 0 Å². The van der Waals surface area contributed by atoms with Gasteiger partial charge >= 0.3 is 0 Å². The van der Waals surface area contributed by atoms with Crippen molar-refractivity contribution < 1.29 is 4.74 Å². The van der Waals surface area contributed by atoms with Crippen molar-refractivity contribution in [1.29, 1.82) is 0 Å². The van der Waals surface area contributed by atoms with E-state index in [9.17, 15) is 0 Å². The van der Waals surface area contributed by atoms with Crippen molar-refractivity contribution in [3.05, 3.63) is 53.3 Å². The molecule has 0 saturated heterocycles. The third-order valence-corrected chi connectivity index (χ3v) is 3.86. The first kappa shape index (κ1) is 13.0. The van der Waals surface area contributed by atoms with Gasteiger partial charge in [0.1, 0.15) is 5.75 Å². The summed E-state index contributed by atoms with van der Waals surface area (Å²) in [5, 5.41) is 3.53. The standard InChI is InChI=1S/C17H20N2O/c1-12-5-7-14-10-13(6-8-15(14)19-12)11-16-17(20-2)4-3-9-18-16/h3-4,6,8-10,12,19H,5,7,11H2,1-2H3. The molecule has 1 aliphatic heterocycles. The van der Waals surface area contributed by atoms with E-state index >= 15 is 0 Å². The number of aromatic nitrogens is 1. The highest BCUT2D eigenvalue weighted by molar-refractivity contribution is 5.55. The van der Waals surface area contributed by atoms with Crippen LogP contribution in [-0.2, 0) is 12.8 Å². The number of hydrogen-bond donors (Lipinski definition) is 1. The molecule has 1 aliphatic rings. The molecule has 1 N–H and O–H groups in total. The molecule has 104 valence electrons. The van der Waals surface area contributed by atoms with Gasteiger partial charge in [-0.2, -0.15) is 0 Å². The fourth-order valence-corrected chi connectivity index (χ4v) is 2.75. The number of benzene rings is 1. The molecule has 1 atom stereocenters. The van der Waals surface area contributed by atoms with E-state index in [4.69, 9.17) is 4.74 Å². The number of hydrogen-bond acceptors (Lipinski definition) is 3. The van der Waals surface area contributed by atoms with Crippen LogP contribution in [0.3, 0.4) is 0 Å². The van der Waals surface area contributed by atoms with Crippen molar-refractivity contribution in [2.24, 2.45) is 0 Å². The molecule has 3 rings (SSSR count). The fraction of sp³-hybridized carbons (Fsp3) is 0.353. The maximum Gasteiger partial charge on any atom is 0.140 e. The van der Waals surface area contributed by atoms with Crippen molar-refractivity contribution in [3.8, 4) is 5.75 Å². The normalized spacial score (nSPS) is 17.2. The highest BCUT2D eigenvalue weighted by Gasteiger charge is 2.14. The molecular weight excluding hydrogens is 248 g/mol. The zero-order valence-electron chi connectivity index (χ0n) is 12.0. The number of aryl methyl sites for hydroxylation is 1. The summed E-state index contributed by atoms with van der Waals surface area (Å²) in [5.41, 5.74) is 4.97. The van der Waals surface area contributed by atoms with E-state index in [1.807, 2.05) is 18.3 Å². The zero-order chi connectivity index (χ0) is 13.9. The van der Waals surface area contributed by atoms with Crippen LogP contribution in [0.1, 0.15) is 30.2 Å². The third kappa shape index (κ3) is 2.62. The van der Waals surface area contributed by atoms with Gasteiger partial charge < -0.3 is 10.1 Å². The Morgan fingerprint density at radius 2 is 2.25 bits per heavy atom. The Balaban J connectivity index is 1.85. The second-order valence-corrected chi connectivity index (χ2v) is 5.40. The first-order chi connectivity index (χ1) is 9.76. The third-order valence-electron chi connectivity index (χ3n) is 3.86. The summed E-state index contributed by atoms with van der Waals surface area (Å²) >= 11 is 0. The van der Waals surface area contributed by atoms with E-state index in [1.54, 1.807) is 7.11 Å². The number of anilines is 1. The zero-order valence-corrected chi connectivity index (χ0v) is 12.0. The van der Waals surface area contributed by atoms with Gasteiger partial charge in [-0.15, -0.1) is 0 Å². The van der Waals surface area contributed by atoms with E-state index in [-0.39, 0.29) is 0 Å². The van der Waals surface area contributed by atoms with E-state index in [0.717, 1.165) is 24.3 Å². The van der Waals surface area contributed by atoms with Gasteiger partial charge in [0.05, 0.1) is 12.8 Å². The summed E-state index contributed by atoms with van der Waals surface area (Å²) in [6, 6.07) is 11.1. The quantitative estimate of drug-likeness (QED) is 0.926. The number of rotatable bonds is 3. The number of ether oxygens (including phenoxy) is 1. The molecule has 0 radical (unpaired) electrons. The molecule has 1 aromatic heterocycles. The Morgan fingerprint density at radius 1 is 1.35 bits per heavy atom. The Hall–Kier alpha value is -2.03. The number of methoxy groups -OCH3 is 1. The Morgan fingerprint density at radius 3 is 3.10 bits per heavy atom. The maximum atomic E-state index is 5.37. The number of pyridine rings is 1. The van der Waals surface area contributed by atoms with Gasteiger partial charge in [-0.3, -0.25) is 4.98 Å². The van der Waals surface area contributed by atoms with Crippen molar-refractivity contribution in [2.75, 3.05) is 12.4 Å². The molecular formula is C17H20N2O. The SMILES string of the molecule is COc1cccnc1Cc1ccc2c(c1)CCC(C)N2. The molecule has 1 aromatic carbocycles. The molecule has 1 unspecified atom stereocenters. The van der Waals surface area contributed by atoms with E-state index in [1.165, 1.54) is 23.2 Å². The van der Waals surface area contributed by atoms with Crippen LogP contribution in [0.5, 0.6) is 5.75 Å². The minimum Gasteiger partial charge on any atom is -0.495 e. The molecule has 0 amide bonds. The average Bonchev–Trinajstić information content (AvgIpc) is 2.48. The average molecular weight is 268 g/mol. The van der Waals surface area contributed by atoms with Gasteiger partial charge in [0.2, 0.25) is 0 Å². The summed E-state index contributed by atoms with van der Waals surface area (Å²) in [6.07, 6.45) is 4.98. The Kier molecular flexibility index (Phi) is 3.59. The van der Waals surface area contributed by atoms with E-state index in [0.29, 0.717) is 6.04 Å². The van der Waals surface area contributed by atoms with Crippen LogP contribution in [0.4, 0.5) is 5.69 Å². The van der Waals surface area contributed by atoms with Crippen molar-refractivity contribution in [1.82, 2.24) is 4.98 Å². The van der Waals surface area contributed by atoms with Crippen LogP contribution < -0.4 is 10.1 Å². The lowest BCUT2D eigenvalue weighted by Crippen LogP contribution is -2.21. The number of nitrogens with zero attached hydrogens (tertiary/aromatic N) is 1. The molecule has 3 nitrogen and oxygen atoms in total. The molecule has 0 aliphatic carbocycles. The lowest BCUT2D eigenvalue weighted by molar-refractivity contribution is 0.408. The summed E-state index contributed by atoms with van der Waals surface area (Å²) in [7, 11) is 1.69. The molecule has 20 heavy (non-hydrogen) atoms. The summed E-state index contributed by atoms with van der Waals surface area (Å²) in [6.45, 7) is 2.23. The predicted octanol–water partition coefficient (Wildman–Crippen LogP) is 3.43. The van der Waals surface area contributed by atoms with Gasteiger partial charge in [0.15, 0.2) is 0 Å². The fourth-order valence-electron chi connectivity index (χ4n) is 2.75. The summed E-state index contributed by atoms with van der Waals surface area (Å²) in [4.78, 5) is 4.43. The first-order valence-corrected chi connectivity index (χ1v) is 7.12. The monoisotopic (exact) mass is 268 g/mol. The summed E-state index contributed by atoms with van der Waals surface area (Å²) < 4.78 is 5.37. The lowest BCUT2D eigenvalue weighted by atomic mass is 9.96. The van der Waals surface area contributed by atoms with Gasteiger partial charge in [-0.1, -0.05) is 12.1 Å². The van der Waals surface area contributed by atoms with Crippen LogP contribution in [-0.4, -0.2) is 18.1 Å². The van der Waals surface area contributed by atoms with Crippen LogP contribution in [0.25, 0.3) is 0 Å². The largest absolute Gasteiger partial charge is 0.495 e. The lowest BCUT2D eigenvalue weighted by Gasteiger charge is -2.24. The molecule has 0 saturated carbocycles. The van der Waals surface area contributed by atoms with E-state index < -0.39 is 0 Å². The number of fused-ring (bicyclic) bond motifs is 1. The molecule has 0 fully saturated rings. The first-order valence-electron chi connectivity index (χ1n) is 7.12. The van der Waals surface area contributed by atoms with Gasteiger partial charge in [-0.05, 0) is 49.1 Å². The minimum absolute atomic E-state index is 0.573. The molecule has 0 bridgehead atoms. The molecule has 0 spiro atoms. The molecule has 3 heteroatoms. The highest BCUT2D eigenvalue weighted by atomic mass is 16.5. The van der Waals surface area contributed by atoms with Crippen molar-refractivity contribution in [3.63, 3.8) is 0 Å². The highest BCUT2D eigenvalue weighted by Crippen LogP contribution is 2.27. The Bertz CT molecular complexity index is 610. The second-order valence-electron chi connectivity index (χ2n) is 5.40. The predicted molar refractivity (Wildman–Crippen MR) is 81.4 cm³/mol. The van der Waals surface area contributed by atoms with Crippen LogP contribution in [0.15, 0.2) is 36.5 Å². The van der Waals surface area contributed by atoms with Crippen LogP contribution in [0, 0.1) is 0 Å². The van der Waals surface area contributed by atoms with Gasteiger partial charge in [0, 0.05) is 24.3 Å². The van der Waals surface area contributed by atoms with Crippen molar-refractivity contribution >= 4 is 5.69 Å². The molecule has 2 aromatic rings. The smallest absolute Gasteiger partial charge is 0.140 e. The van der Waals surface area contributed by atoms with Crippen LogP contribution in [0.2, 0.25) is 0 Å².